The minimum absolute atomic E-state index is 0.159. The van der Waals surface area contributed by atoms with Crippen LogP contribution < -0.4 is 0 Å². The Hall–Kier alpha value is -2.35. The van der Waals surface area contributed by atoms with Crippen molar-refractivity contribution in [1.82, 2.24) is 0 Å². The molecule has 0 saturated carbocycles. The van der Waals surface area contributed by atoms with E-state index in [1.165, 1.54) is 0 Å². The molecule has 0 heterocycles. The summed E-state index contributed by atoms with van der Waals surface area (Å²) in [6.07, 6.45) is 5.76. The molecular formula is C12H12O5. The number of carbonyl (C=O) groups excluding carboxylic acids is 1. The Morgan fingerprint density at radius 3 is 2.59 bits per heavy atom. The minimum Gasteiger partial charge on any atom is -0.504 e. The molecule has 1 aromatic carbocycles. The molecule has 1 aromatic rings. The van der Waals surface area contributed by atoms with E-state index in [9.17, 15) is 20.1 Å². The second kappa shape index (κ2) is 5.12. The average Bonchev–Trinajstić information content (AvgIpc) is 2.32. The number of phenolic OH excluding ortho intramolecular Hbond substituents is 3. The van der Waals surface area contributed by atoms with Gasteiger partial charge >= 0.3 is 5.97 Å². The number of hydrogen-bond donors (Lipinski definition) is 3. The summed E-state index contributed by atoms with van der Waals surface area (Å²) in [5.41, 5.74) is -0.366. The maximum Gasteiger partial charge on any atom is 0.339 e. The third-order valence-electron chi connectivity index (χ3n) is 2.06. The van der Waals surface area contributed by atoms with Crippen LogP contribution in [0.5, 0.6) is 17.2 Å². The Kier molecular flexibility index (Phi) is 3.83. The van der Waals surface area contributed by atoms with Gasteiger partial charge in [-0.05, 0) is 12.5 Å². The van der Waals surface area contributed by atoms with Crippen LogP contribution in [0.2, 0.25) is 0 Å². The molecule has 0 radical (unpaired) electrons. The molecule has 0 aliphatic rings. The second-order valence-electron chi connectivity index (χ2n) is 3.30. The maximum atomic E-state index is 11.6. The van der Waals surface area contributed by atoms with E-state index in [1.807, 2.05) is 6.92 Å². The molecule has 0 fully saturated rings. The van der Waals surface area contributed by atoms with E-state index >= 15 is 0 Å². The van der Waals surface area contributed by atoms with Crippen molar-refractivity contribution >= 4 is 5.97 Å². The van der Waals surface area contributed by atoms with Crippen molar-refractivity contribution in [3.63, 3.8) is 0 Å². The first-order valence-corrected chi connectivity index (χ1v) is 4.94. The summed E-state index contributed by atoms with van der Waals surface area (Å²) in [5.74, 6) is -0.797. The molecule has 0 unspecified atom stereocenters. The molecule has 0 aromatic heterocycles. The Balaban J connectivity index is 3.25. The third kappa shape index (κ3) is 2.42. The van der Waals surface area contributed by atoms with Gasteiger partial charge < -0.3 is 20.1 Å². The first-order valence-electron chi connectivity index (χ1n) is 4.94. The van der Waals surface area contributed by atoms with Gasteiger partial charge in [-0.15, -0.1) is 6.42 Å². The van der Waals surface area contributed by atoms with Crippen molar-refractivity contribution in [1.29, 1.82) is 0 Å². The van der Waals surface area contributed by atoms with Gasteiger partial charge in [0.05, 0.1) is 17.7 Å². The predicted molar refractivity (Wildman–Crippen MR) is 59.9 cm³/mol. The number of phenols is 3. The van der Waals surface area contributed by atoms with E-state index < -0.39 is 23.2 Å². The highest BCUT2D eigenvalue weighted by Gasteiger charge is 2.21. The summed E-state index contributed by atoms with van der Waals surface area (Å²) in [6, 6.07) is 0.961. The van der Waals surface area contributed by atoms with Gasteiger partial charge in [0.15, 0.2) is 11.5 Å². The Morgan fingerprint density at radius 2 is 2.06 bits per heavy atom. The van der Waals surface area contributed by atoms with Crippen molar-refractivity contribution in [2.45, 2.75) is 13.3 Å². The van der Waals surface area contributed by atoms with Crippen LogP contribution in [0.25, 0.3) is 0 Å². The monoisotopic (exact) mass is 236 g/mol. The SMILES string of the molecule is C#Cc1c(C(=O)OCCC)cc(O)c(O)c1O. The molecule has 1 rings (SSSR count). The highest BCUT2D eigenvalue weighted by atomic mass is 16.5. The predicted octanol–water partition coefficient (Wildman–Crippen LogP) is 1.35. The van der Waals surface area contributed by atoms with Gasteiger partial charge in [-0.25, -0.2) is 4.79 Å². The molecular weight excluding hydrogens is 224 g/mol. The summed E-state index contributed by atoms with van der Waals surface area (Å²) >= 11 is 0. The fourth-order valence-electron chi connectivity index (χ4n) is 1.22. The number of hydrogen-bond acceptors (Lipinski definition) is 5. The number of terminal acetylenes is 1. The Morgan fingerprint density at radius 1 is 1.41 bits per heavy atom. The molecule has 0 bridgehead atoms. The molecule has 5 nitrogen and oxygen atoms in total. The second-order valence-corrected chi connectivity index (χ2v) is 3.30. The van der Waals surface area contributed by atoms with Crippen LogP contribution in [-0.4, -0.2) is 27.9 Å². The maximum absolute atomic E-state index is 11.6. The minimum atomic E-state index is -0.759. The fourth-order valence-corrected chi connectivity index (χ4v) is 1.22. The summed E-state index contributed by atoms with van der Waals surface area (Å²) in [7, 11) is 0. The van der Waals surface area contributed by atoms with Crippen molar-refractivity contribution in [3.8, 4) is 29.6 Å². The van der Waals surface area contributed by atoms with Crippen LogP contribution in [0.3, 0.4) is 0 Å². The van der Waals surface area contributed by atoms with Crippen LogP contribution in [0.4, 0.5) is 0 Å². The zero-order valence-electron chi connectivity index (χ0n) is 9.23. The molecule has 0 aliphatic carbocycles. The lowest BCUT2D eigenvalue weighted by molar-refractivity contribution is 0.0503. The normalized spacial score (nSPS) is 9.65. The third-order valence-corrected chi connectivity index (χ3v) is 2.06. The zero-order valence-corrected chi connectivity index (χ0v) is 9.23. The highest BCUT2D eigenvalue weighted by Crippen LogP contribution is 2.39. The van der Waals surface area contributed by atoms with Gasteiger partial charge in [-0.2, -0.15) is 0 Å². The molecule has 0 aliphatic heterocycles. The van der Waals surface area contributed by atoms with Gasteiger partial charge in [-0.1, -0.05) is 12.8 Å². The first-order chi connectivity index (χ1) is 8.02. The van der Waals surface area contributed by atoms with E-state index in [0.29, 0.717) is 6.42 Å². The van der Waals surface area contributed by atoms with Crippen LogP contribution >= 0.6 is 0 Å². The molecule has 0 spiro atoms. The van der Waals surface area contributed by atoms with E-state index in [2.05, 4.69) is 5.92 Å². The highest BCUT2D eigenvalue weighted by molar-refractivity contribution is 5.94. The van der Waals surface area contributed by atoms with Crippen molar-refractivity contribution < 1.29 is 24.9 Å². The lowest BCUT2D eigenvalue weighted by Gasteiger charge is -2.09. The van der Waals surface area contributed by atoms with E-state index in [-0.39, 0.29) is 17.7 Å². The van der Waals surface area contributed by atoms with E-state index in [0.717, 1.165) is 6.07 Å². The largest absolute Gasteiger partial charge is 0.504 e. The van der Waals surface area contributed by atoms with Gasteiger partial charge in [0.1, 0.15) is 0 Å². The summed E-state index contributed by atoms with van der Waals surface area (Å²) < 4.78 is 4.83. The summed E-state index contributed by atoms with van der Waals surface area (Å²) in [4.78, 5) is 11.6. The van der Waals surface area contributed by atoms with Gasteiger partial charge in [0, 0.05) is 0 Å². The number of aromatic hydroxyl groups is 3. The van der Waals surface area contributed by atoms with E-state index in [1.54, 1.807) is 0 Å². The lowest BCUT2D eigenvalue weighted by atomic mass is 10.1. The summed E-state index contributed by atoms with van der Waals surface area (Å²) in [5, 5.41) is 28.0. The van der Waals surface area contributed by atoms with Crippen LogP contribution in [0, 0.1) is 12.3 Å². The smallest absolute Gasteiger partial charge is 0.339 e. The Labute approximate surface area is 98.3 Å². The standard InChI is InChI=1S/C12H12O5/c1-3-5-17-12(16)8-6-9(13)11(15)10(14)7(8)4-2/h2,6,13-15H,3,5H2,1H3. The van der Waals surface area contributed by atoms with Crippen molar-refractivity contribution in [2.75, 3.05) is 6.61 Å². The molecule has 17 heavy (non-hydrogen) atoms. The van der Waals surface area contributed by atoms with Gasteiger partial charge in [0.25, 0.3) is 0 Å². The fraction of sp³-hybridized carbons (Fsp3) is 0.250. The van der Waals surface area contributed by atoms with Crippen LogP contribution in [0.1, 0.15) is 29.3 Å². The number of esters is 1. The molecule has 5 heteroatoms. The van der Waals surface area contributed by atoms with Crippen LogP contribution in [0.15, 0.2) is 6.07 Å². The zero-order chi connectivity index (χ0) is 13.0. The van der Waals surface area contributed by atoms with Crippen molar-refractivity contribution in [3.05, 3.63) is 17.2 Å². The Bertz CT molecular complexity index is 485. The molecule has 90 valence electrons. The average molecular weight is 236 g/mol. The van der Waals surface area contributed by atoms with E-state index in [4.69, 9.17) is 11.2 Å². The molecule has 0 saturated heterocycles. The lowest BCUT2D eigenvalue weighted by Crippen LogP contribution is -2.08. The van der Waals surface area contributed by atoms with Crippen LogP contribution in [-0.2, 0) is 4.74 Å². The number of ether oxygens (including phenoxy) is 1. The first kappa shape index (κ1) is 12.7. The molecule has 0 amide bonds. The number of benzene rings is 1. The van der Waals surface area contributed by atoms with Crippen molar-refractivity contribution in [2.24, 2.45) is 0 Å². The molecule has 3 N–H and O–H groups in total. The molecule has 0 atom stereocenters. The quantitative estimate of drug-likeness (QED) is 0.419. The number of carbonyl (C=O) groups is 1. The topological polar surface area (TPSA) is 87.0 Å². The number of rotatable bonds is 3. The van der Waals surface area contributed by atoms with Gasteiger partial charge in [-0.3, -0.25) is 0 Å². The summed E-state index contributed by atoms with van der Waals surface area (Å²) in [6.45, 7) is 2.02. The van der Waals surface area contributed by atoms with Gasteiger partial charge in [0.2, 0.25) is 5.75 Å².